The second kappa shape index (κ2) is 11.0. The molecule has 3 unspecified atom stereocenters. The number of anilines is 3. The van der Waals surface area contributed by atoms with E-state index >= 15 is 0 Å². The van der Waals surface area contributed by atoms with Crippen LogP contribution in [0.4, 0.5) is 17.5 Å². The van der Waals surface area contributed by atoms with E-state index in [-0.39, 0.29) is 5.41 Å². The second-order valence-electron chi connectivity index (χ2n) is 16.7. The Hall–Kier alpha value is -3.10. The minimum atomic E-state index is 0.258. The zero-order valence-electron chi connectivity index (χ0n) is 28.2. The van der Waals surface area contributed by atoms with Gasteiger partial charge in [0.1, 0.15) is 11.6 Å². The topological polar surface area (TPSA) is 71.0 Å². The largest absolute Gasteiger partial charge is 0.508 e. The highest BCUT2D eigenvalue weighted by Gasteiger charge is 2.47. The van der Waals surface area contributed by atoms with E-state index in [4.69, 9.17) is 9.97 Å². The molecular formula is C39H51N7O. The third-order valence-electron chi connectivity index (χ3n) is 13.0. The van der Waals surface area contributed by atoms with Gasteiger partial charge in [0.05, 0.1) is 12.2 Å². The van der Waals surface area contributed by atoms with Gasteiger partial charge in [-0.25, -0.2) is 4.98 Å². The summed E-state index contributed by atoms with van der Waals surface area (Å²) >= 11 is 0. The summed E-state index contributed by atoms with van der Waals surface area (Å²) in [7, 11) is 0. The van der Waals surface area contributed by atoms with Crippen LogP contribution in [-0.4, -0.2) is 84.4 Å². The Morgan fingerprint density at radius 1 is 0.872 bits per heavy atom. The van der Waals surface area contributed by atoms with E-state index < -0.39 is 0 Å². The van der Waals surface area contributed by atoms with Gasteiger partial charge in [0.2, 0.25) is 5.95 Å². The maximum atomic E-state index is 10.9. The first-order chi connectivity index (χ1) is 22.9. The number of nitrogens with one attached hydrogen (secondary N) is 1. The van der Waals surface area contributed by atoms with E-state index in [1.165, 1.54) is 104 Å². The second-order valence-corrected chi connectivity index (χ2v) is 16.7. The maximum absolute atomic E-state index is 10.9. The SMILES string of the molecule is CC1(CN2CC3CC3C2)CCCCN(c2nc3c(c(N4C[C@H]5CC[C@@H](C4)N5)n2)CCN(c2cc(O)cc4ccc5c(c24)CCC5)C3)C1. The third-order valence-corrected chi connectivity index (χ3v) is 13.0. The molecule has 0 spiro atoms. The predicted octanol–water partition coefficient (Wildman–Crippen LogP) is 5.28. The van der Waals surface area contributed by atoms with Crippen LogP contribution in [-0.2, 0) is 25.8 Å². The number of rotatable bonds is 5. The molecule has 0 amide bonds. The lowest BCUT2D eigenvalue weighted by atomic mass is 9.84. The summed E-state index contributed by atoms with van der Waals surface area (Å²) in [5.41, 5.74) is 6.96. The van der Waals surface area contributed by atoms with Gasteiger partial charge in [0.25, 0.3) is 0 Å². The summed E-state index contributed by atoms with van der Waals surface area (Å²) in [4.78, 5) is 21.5. The minimum absolute atomic E-state index is 0.258. The normalized spacial score (nSPS) is 31.6. The number of phenols is 1. The molecule has 1 aromatic heterocycles. The Morgan fingerprint density at radius 2 is 1.72 bits per heavy atom. The van der Waals surface area contributed by atoms with Gasteiger partial charge in [-0.3, -0.25) is 0 Å². The van der Waals surface area contributed by atoms with Crippen molar-refractivity contribution in [3.63, 3.8) is 0 Å². The third kappa shape index (κ3) is 5.16. The average molecular weight is 634 g/mol. The van der Waals surface area contributed by atoms with Gasteiger partial charge in [0.15, 0.2) is 0 Å². The van der Waals surface area contributed by atoms with Crippen molar-refractivity contribution < 1.29 is 5.11 Å². The fourth-order valence-electron chi connectivity index (χ4n) is 10.7. The molecule has 8 nitrogen and oxygen atoms in total. The molecule has 3 aromatic rings. The summed E-state index contributed by atoms with van der Waals surface area (Å²) in [6.07, 6.45) is 12.2. The maximum Gasteiger partial charge on any atom is 0.227 e. The van der Waals surface area contributed by atoms with Crippen LogP contribution < -0.4 is 20.0 Å². The van der Waals surface area contributed by atoms with Crippen molar-refractivity contribution in [2.45, 2.75) is 89.8 Å². The molecule has 5 aliphatic heterocycles. The van der Waals surface area contributed by atoms with Gasteiger partial charge in [-0.2, -0.15) is 4.98 Å². The number of hydrogen-bond donors (Lipinski definition) is 2. The number of benzene rings is 2. The summed E-state index contributed by atoms with van der Waals surface area (Å²) in [6, 6.07) is 9.61. The molecule has 248 valence electrons. The van der Waals surface area contributed by atoms with Crippen molar-refractivity contribution in [1.29, 1.82) is 0 Å². The Labute approximate surface area is 279 Å². The number of aromatic nitrogens is 2. The Morgan fingerprint density at radius 3 is 2.57 bits per heavy atom. The van der Waals surface area contributed by atoms with Gasteiger partial charge in [-0.1, -0.05) is 25.5 Å². The van der Waals surface area contributed by atoms with Crippen LogP contribution in [0.3, 0.4) is 0 Å². The number of aromatic hydroxyl groups is 1. The lowest BCUT2D eigenvalue weighted by Crippen LogP contribution is -2.52. The van der Waals surface area contributed by atoms with Gasteiger partial charge >= 0.3 is 0 Å². The Balaban J connectivity index is 1.02. The number of nitrogens with zero attached hydrogens (tertiary/aromatic N) is 6. The lowest BCUT2D eigenvalue weighted by Gasteiger charge is -2.39. The van der Waals surface area contributed by atoms with Crippen molar-refractivity contribution in [1.82, 2.24) is 20.2 Å². The van der Waals surface area contributed by atoms with E-state index in [0.717, 1.165) is 81.7 Å². The first-order valence-electron chi connectivity index (χ1n) is 18.9. The summed E-state index contributed by atoms with van der Waals surface area (Å²) in [5.74, 6) is 4.47. The highest BCUT2D eigenvalue weighted by Crippen LogP contribution is 2.46. The molecule has 2 aromatic carbocycles. The fraction of sp³-hybridized carbons (Fsp3) is 0.641. The molecule has 5 fully saturated rings. The number of piperazine rings is 1. The first-order valence-corrected chi connectivity index (χ1v) is 18.9. The fourth-order valence-corrected chi connectivity index (χ4v) is 10.7. The van der Waals surface area contributed by atoms with Crippen LogP contribution in [0.1, 0.15) is 74.3 Å². The molecule has 1 saturated carbocycles. The molecule has 10 rings (SSSR count). The predicted molar refractivity (Wildman–Crippen MR) is 189 cm³/mol. The van der Waals surface area contributed by atoms with Crippen molar-refractivity contribution in [3.05, 3.63) is 46.6 Å². The van der Waals surface area contributed by atoms with Crippen LogP contribution in [0.5, 0.6) is 5.75 Å². The molecular weight excluding hydrogens is 582 g/mol. The molecule has 4 saturated heterocycles. The number of fused-ring (bicyclic) bond motifs is 7. The molecule has 2 N–H and O–H groups in total. The van der Waals surface area contributed by atoms with Crippen LogP contribution in [0.25, 0.3) is 10.8 Å². The van der Waals surface area contributed by atoms with E-state index in [9.17, 15) is 5.11 Å². The Bertz CT molecular complexity index is 1700. The van der Waals surface area contributed by atoms with Crippen LogP contribution in [0.15, 0.2) is 24.3 Å². The summed E-state index contributed by atoms with van der Waals surface area (Å²) in [5, 5.41) is 17.2. The molecule has 7 aliphatic rings. The molecule has 47 heavy (non-hydrogen) atoms. The first kappa shape index (κ1) is 28.9. The number of likely N-dealkylation sites (tertiary alicyclic amines) is 1. The number of phenolic OH excluding ortho intramolecular Hbond substituents is 1. The van der Waals surface area contributed by atoms with Gasteiger partial charge in [-0.15, -0.1) is 0 Å². The van der Waals surface area contributed by atoms with Crippen molar-refractivity contribution >= 4 is 28.2 Å². The minimum Gasteiger partial charge on any atom is -0.508 e. The van der Waals surface area contributed by atoms with Crippen LogP contribution in [0.2, 0.25) is 0 Å². The molecule has 2 aliphatic carbocycles. The zero-order chi connectivity index (χ0) is 31.3. The molecule has 5 atom stereocenters. The van der Waals surface area contributed by atoms with Crippen LogP contribution in [0, 0.1) is 17.3 Å². The monoisotopic (exact) mass is 633 g/mol. The highest BCUT2D eigenvalue weighted by atomic mass is 16.3. The van der Waals surface area contributed by atoms with Crippen molar-refractivity contribution in [3.8, 4) is 5.75 Å². The van der Waals surface area contributed by atoms with Gasteiger partial charge in [0, 0.05) is 87.1 Å². The van der Waals surface area contributed by atoms with Gasteiger partial charge in [-0.05, 0) is 97.6 Å². The quantitative estimate of drug-likeness (QED) is 0.394. The number of aryl methyl sites for hydroxylation is 2. The molecule has 2 bridgehead atoms. The molecule has 6 heterocycles. The zero-order valence-corrected chi connectivity index (χ0v) is 28.2. The smallest absolute Gasteiger partial charge is 0.227 e. The van der Waals surface area contributed by atoms with E-state index in [0.29, 0.717) is 17.8 Å². The molecule has 8 heteroatoms. The van der Waals surface area contributed by atoms with Gasteiger partial charge < -0.3 is 30.0 Å². The number of piperidine rings is 1. The van der Waals surface area contributed by atoms with Crippen molar-refractivity contribution in [2.24, 2.45) is 17.3 Å². The molecule has 0 radical (unpaired) electrons. The van der Waals surface area contributed by atoms with Crippen molar-refractivity contribution in [2.75, 3.05) is 67.1 Å². The number of hydrogen-bond acceptors (Lipinski definition) is 8. The van der Waals surface area contributed by atoms with Crippen LogP contribution >= 0.6 is 0 Å². The van der Waals surface area contributed by atoms with E-state index in [1.807, 2.05) is 12.1 Å². The highest BCUT2D eigenvalue weighted by molar-refractivity contribution is 5.99. The van der Waals surface area contributed by atoms with E-state index in [2.05, 4.69) is 44.0 Å². The lowest BCUT2D eigenvalue weighted by molar-refractivity contribution is 0.173. The Kier molecular flexibility index (Phi) is 6.73. The van der Waals surface area contributed by atoms with E-state index in [1.54, 1.807) is 0 Å². The summed E-state index contributed by atoms with van der Waals surface area (Å²) in [6.45, 7) is 12.2. The summed E-state index contributed by atoms with van der Waals surface area (Å²) < 4.78 is 0. The average Bonchev–Trinajstić information content (AvgIpc) is 3.33. The standard InChI is InChI=1S/C39H51N7O/c1-39(23-43-18-27-15-28(27)19-43)12-2-3-13-45(24-39)38-41-34-22-44(14-11-33(34)37(42-38)46-20-29-9-10-30(21-46)40-29)35-17-31(47)16-26-8-7-25-5-4-6-32(25)36(26)35/h7-8,16-17,27-30,40,47H,2-6,9-15,18-24H2,1H3/t27?,28?,29-,30+,39?.